The maximum absolute atomic E-state index is 13.0. The standard InChI is InChI=1S/C18H25BrN4O/c1-3-5-16(22-10-8-20-9-11-22)17-21-15-12-13(19)6-7-14(15)18(24)23(17)4-2/h6-7,12,16,20H,3-5,8-11H2,1-2H3. The van der Waals surface area contributed by atoms with E-state index in [0.717, 1.165) is 54.8 Å². The third-order valence-electron chi connectivity index (χ3n) is 4.72. The number of nitrogens with zero attached hydrogens (tertiary/aromatic N) is 3. The van der Waals surface area contributed by atoms with Crippen LogP contribution in [0.25, 0.3) is 10.9 Å². The van der Waals surface area contributed by atoms with E-state index < -0.39 is 0 Å². The summed E-state index contributed by atoms with van der Waals surface area (Å²) >= 11 is 3.49. The number of fused-ring (bicyclic) bond motifs is 1. The summed E-state index contributed by atoms with van der Waals surface area (Å²) in [6.07, 6.45) is 2.09. The fourth-order valence-electron chi connectivity index (χ4n) is 3.51. The minimum Gasteiger partial charge on any atom is -0.314 e. The molecule has 1 atom stereocenters. The second-order valence-corrected chi connectivity index (χ2v) is 7.19. The van der Waals surface area contributed by atoms with Gasteiger partial charge >= 0.3 is 0 Å². The molecule has 1 aromatic heterocycles. The van der Waals surface area contributed by atoms with Crippen molar-refractivity contribution >= 4 is 26.8 Å². The van der Waals surface area contributed by atoms with Crippen molar-refractivity contribution in [1.82, 2.24) is 19.8 Å². The van der Waals surface area contributed by atoms with Crippen LogP contribution in [0, 0.1) is 0 Å². The predicted molar refractivity (Wildman–Crippen MR) is 101 cm³/mol. The zero-order valence-electron chi connectivity index (χ0n) is 14.4. The van der Waals surface area contributed by atoms with Gasteiger partial charge in [-0.3, -0.25) is 14.3 Å². The number of nitrogens with one attached hydrogen (secondary N) is 1. The Morgan fingerprint density at radius 3 is 2.71 bits per heavy atom. The fourth-order valence-corrected chi connectivity index (χ4v) is 3.86. The van der Waals surface area contributed by atoms with E-state index in [1.165, 1.54) is 0 Å². The van der Waals surface area contributed by atoms with Gasteiger partial charge in [0.05, 0.1) is 16.9 Å². The molecule has 2 heterocycles. The topological polar surface area (TPSA) is 50.2 Å². The van der Waals surface area contributed by atoms with Crippen molar-refractivity contribution in [1.29, 1.82) is 0 Å². The van der Waals surface area contributed by atoms with Crippen LogP contribution >= 0.6 is 15.9 Å². The van der Waals surface area contributed by atoms with Crippen molar-refractivity contribution in [2.75, 3.05) is 26.2 Å². The minimum absolute atomic E-state index is 0.0706. The van der Waals surface area contributed by atoms with Crippen LogP contribution < -0.4 is 10.9 Å². The first-order valence-electron chi connectivity index (χ1n) is 8.80. The molecule has 130 valence electrons. The SMILES string of the molecule is CCCC(c1nc2cc(Br)ccc2c(=O)n1CC)N1CCNCC1. The summed E-state index contributed by atoms with van der Waals surface area (Å²) in [5.41, 5.74) is 0.853. The first-order valence-corrected chi connectivity index (χ1v) is 9.59. The van der Waals surface area contributed by atoms with Crippen molar-refractivity contribution in [3.8, 4) is 0 Å². The lowest BCUT2D eigenvalue weighted by Crippen LogP contribution is -2.46. The van der Waals surface area contributed by atoms with Gasteiger partial charge < -0.3 is 5.32 Å². The average molecular weight is 393 g/mol. The summed E-state index contributed by atoms with van der Waals surface area (Å²) in [6, 6.07) is 5.92. The van der Waals surface area contributed by atoms with Gasteiger partial charge in [0.15, 0.2) is 0 Å². The number of benzene rings is 1. The van der Waals surface area contributed by atoms with Gasteiger partial charge in [-0.15, -0.1) is 0 Å². The molecule has 0 bridgehead atoms. The third-order valence-corrected chi connectivity index (χ3v) is 5.21. The van der Waals surface area contributed by atoms with Gasteiger partial charge in [0.25, 0.3) is 5.56 Å². The smallest absolute Gasteiger partial charge is 0.261 e. The largest absolute Gasteiger partial charge is 0.314 e. The molecule has 0 saturated carbocycles. The predicted octanol–water partition coefficient (Wildman–Crippen LogP) is 2.93. The van der Waals surface area contributed by atoms with Gasteiger partial charge in [-0.05, 0) is 31.5 Å². The summed E-state index contributed by atoms with van der Waals surface area (Å²) in [7, 11) is 0. The number of halogens is 1. The van der Waals surface area contributed by atoms with Crippen LogP contribution in [-0.4, -0.2) is 40.6 Å². The van der Waals surface area contributed by atoms with E-state index in [1.54, 1.807) is 0 Å². The van der Waals surface area contributed by atoms with Gasteiger partial charge in [0, 0.05) is 37.2 Å². The molecule has 24 heavy (non-hydrogen) atoms. The number of rotatable bonds is 5. The van der Waals surface area contributed by atoms with Crippen LogP contribution in [0.15, 0.2) is 27.5 Å². The molecule has 1 aliphatic heterocycles. The normalized spacial score (nSPS) is 17.3. The maximum atomic E-state index is 13.0. The molecule has 1 N–H and O–H groups in total. The molecule has 1 aliphatic rings. The van der Waals surface area contributed by atoms with Crippen molar-refractivity contribution in [3.63, 3.8) is 0 Å². The molecule has 2 aromatic rings. The van der Waals surface area contributed by atoms with Gasteiger partial charge in [-0.2, -0.15) is 0 Å². The van der Waals surface area contributed by atoms with E-state index in [-0.39, 0.29) is 11.6 Å². The number of aromatic nitrogens is 2. The Morgan fingerprint density at radius 2 is 2.04 bits per heavy atom. The Bertz CT molecular complexity index is 767. The third kappa shape index (κ3) is 3.41. The molecule has 5 nitrogen and oxygen atoms in total. The number of hydrogen-bond acceptors (Lipinski definition) is 4. The fraction of sp³-hybridized carbons (Fsp3) is 0.556. The van der Waals surface area contributed by atoms with Crippen molar-refractivity contribution < 1.29 is 0 Å². The van der Waals surface area contributed by atoms with Crippen LogP contribution in [0.1, 0.15) is 38.6 Å². The number of piperazine rings is 1. The lowest BCUT2D eigenvalue weighted by molar-refractivity contribution is 0.154. The Labute approximate surface area is 151 Å². The number of hydrogen-bond donors (Lipinski definition) is 1. The Hall–Kier alpha value is -1.24. The maximum Gasteiger partial charge on any atom is 0.261 e. The van der Waals surface area contributed by atoms with Crippen LogP contribution in [0.2, 0.25) is 0 Å². The van der Waals surface area contributed by atoms with E-state index in [2.05, 4.69) is 33.1 Å². The van der Waals surface area contributed by atoms with Crippen LogP contribution in [0.5, 0.6) is 0 Å². The quantitative estimate of drug-likeness (QED) is 0.849. The molecular weight excluding hydrogens is 368 g/mol. The Morgan fingerprint density at radius 1 is 1.29 bits per heavy atom. The van der Waals surface area contributed by atoms with Crippen molar-refractivity contribution in [3.05, 3.63) is 38.9 Å². The molecule has 0 aliphatic carbocycles. The summed E-state index contributed by atoms with van der Waals surface area (Å²) < 4.78 is 2.81. The van der Waals surface area contributed by atoms with E-state index in [9.17, 15) is 4.79 Å². The summed E-state index contributed by atoms with van der Waals surface area (Å²) in [5.74, 6) is 0.914. The van der Waals surface area contributed by atoms with E-state index in [4.69, 9.17) is 4.98 Å². The van der Waals surface area contributed by atoms with Crippen LogP contribution in [-0.2, 0) is 6.54 Å². The van der Waals surface area contributed by atoms with Gasteiger partial charge in [0.2, 0.25) is 0 Å². The van der Waals surface area contributed by atoms with Crippen molar-refractivity contribution in [2.45, 2.75) is 39.3 Å². The van der Waals surface area contributed by atoms with Crippen LogP contribution in [0.4, 0.5) is 0 Å². The molecule has 1 unspecified atom stereocenters. The lowest BCUT2D eigenvalue weighted by atomic mass is 10.1. The second kappa shape index (κ2) is 7.76. The van der Waals surface area contributed by atoms with Gasteiger partial charge in [-0.25, -0.2) is 4.98 Å². The molecule has 0 spiro atoms. The van der Waals surface area contributed by atoms with Crippen molar-refractivity contribution in [2.24, 2.45) is 0 Å². The highest BCUT2D eigenvalue weighted by Gasteiger charge is 2.26. The highest BCUT2D eigenvalue weighted by molar-refractivity contribution is 9.10. The highest BCUT2D eigenvalue weighted by atomic mass is 79.9. The summed E-state index contributed by atoms with van der Waals surface area (Å²) in [4.78, 5) is 20.4. The summed E-state index contributed by atoms with van der Waals surface area (Å²) in [6.45, 7) is 8.87. The van der Waals surface area contributed by atoms with Crippen LogP contribution in [0.3, 0.4) is 0 Å². The zero-order valence-corrected chi connectivity index (χ0v) is 16.0. The first kappa shape index (κ1) is 17.6. The molecule has 0 radical (unpaired) electrons. The molecule has 1 saturated heterocycles. The molecule has 6 heteroatoms. The first-order chi connectivity index (χ1) is 11.7. The molecule has 0 amide bonds. The van der Waals surface area contributed by atoms with E-state index >= 15 is 0 Å². The zero-order chi connectivity index (χ0) is 17.1. The molecular formula is C18H25BrN4O. The van der Waals surface area contributed by atoms with Gasteiger partial charge in [0.1, 0.15) is 5.82 Å². The van der Waals surface area contributed by atoms with E-state index in [0.29, 0.717) is 11.9 Å². The Kier molecular flexibility index (Phi) is 5.69. The Balaban J connectivity index is 2.15. The minimum atomic E-state index is 0.0706. The summed E-state index contributed by atoms with van der Waals surface area (Å²) in [5, 5.41) is 4.10. The monoisotopic (exact) mass is 392 g/mol. The highest BCUT2D eigenvalue weighted by Crippen LogP contribution is 2.26. The average Bonchev–Trinajstić information content (AvgIpc) is 2.60. The van der Waals surface area contributed by atoms with E-state index in [1.807, 2.05) is 29.7 Å². The van der Waals surface area contributed by atoms with Gasteiger partial charge in [-0.1, -0.05) is 29.3 Å². The molecule has 3 rings (SSSR count). The lowest BCUT2D eigenvalue weighted by Gasteiger charge is -2.35. The molecule has 1 fully saturated rings. The molecule has 1 aromatic carbocycles. The second-order valence-electron chi connectivity index (χ2n) is 6.27.